The molecule has 24 heavy (non-hydrogen) atoms. The highest BCUT2D eigenvalue weighted by Crippen LogP contribution is 2.33. The Bertz CT molecular complexity index is 481. The van der Waals surface area contributed by atoms with Gasteiger partial charge in [-0.05, 0) is 61.8 Å². The van der Waals surface area contributed by atoms with Crippen LogP contribution in [0.4, 0.5) is 0 Å². The van der Waals surface area contributed by atoms with Gasteiger partial charge in [-0.2, -0.15) is 0 Å². The van der Waals surface area contributed by atoms with E-state index >= 15 is 0 Å². The molecule has 2 aliphatic rings. The predicted octanol–water partition coefficient (Wildman–Crippen LogP) is 4.21. The van der Waals surface area contributed by atoms with Gasteiger partial charge in [-0.1, -0.05) is 38.3 Å². The third-order valence-corrected chi connectivity index (χ3v) is 5.61. The van der Waals surface area contributed by atoms with Crippen molar-refractivity contribution in [1.82, 2.24) is 4.90 Å². The van der Waals surface area contributed by atoms with E-state index in [4.69, 9.17) is 4.74 Å². The van der Waals surface area contributed by atoms with Crippen LogP contribution in [0, 0.1) is 5.92 Å². The van der Waals surface area contributed by atoms with E-state index < -0.39 is 6.10 Å². The van der Waals surface area contributed by atoms with Gasteiger partial charge in [-0.25, -0.2) is 0 Å². The van der Waals surface area contributed by atoms with E-state index in [2.05, 4.69) is 36.1 Å². The third kappa shape index (κ3) is 5.22. The van der Waals surface area contributed by atoms with Crippen molar-refractivity contribution >= 4 is 0 Å². The minimum atomic E-state index is -0.409. The van der Waals surface area contributed by atoms with Gasteiger partial charge in [0.15, 0.2) is 0 Å². The largest absolute Gasteiger partial charge is 0.491 e. The van der Waals surface area contributed by atoms with Gasteiger partial charge in [-0.3, -0.25) is 0 Å². The van der Waals surface area contributed by atoms with E-state index in [9.17, 15) is 5.11 Å². The van der Waals surface area contributed by atoms with Gasteiger partial charge < -0.3 is 14.7 Å². The Kier molecular flexibility index (Phi) is 6.56. The first kappa shape index (κ1) is 17.8. The van der Waals surface area contributed by atoms with Crippen molar-refractivity contribution in [3.8, 4) is 5.75 Å². The lowest BCUT2D eigenvalue weighted by molar-refractivity contribution is 0.0537. The number of ether oxygens (including phenoxy) is 1. The second-order valence-corrected chi connectivity index (χ2v) is 7.88. The monoisotopic (exact) mass is 331 g/mol. The molecule has 0 amide bonds. The van der Waals surface area contributed by atoms with Gasteiger partial charge in [0.25, 0.3) is 0 Å². The van der Waals surface area contributed by atoms with Crippen molar-refractivity contribution < 1.29 is 9.84 Å². The fourth-order valence-corrected chi connectivity index (χ4v) is 4.27. The molecular weight excluding hydrogens is 298 g/mol. The summed E-state index contributed by atoms with van der Waals surface area (Å²) in [7, 11) is 0. The van der Waals surface area contributed by atoms with E-state index in [1.54, 1.807) is 0 Å². The van der Waals surface area contributed by atoms with Crippen LogP contribution >= 0.6 is 0 Å². The molecule has 1 aromatic rings. The van der Waals surface area contributed by atoms with Crippen LogP contribution in [0.15, 0.2) is 24.3 Å². The summed E-state index contributed by atoms with van der Waals surface area (Å²) >= 11 is 0. The zero-order chi connectivity index (χ0) is 16.8. The first-order valence-corrected chi connectivity index (χ1v) is 9.84. The quantitative estimate of drug-likeness (QED) is 0.848. The van der Waals surface area contributed by atoms with Gasteiger partial charge in [-0.15, -0.1) is 0 Å². The van der Waals surface area contributed by atoms with E-state index in [-0.39, 0.29) is 0 Å². The van der Waals surface area contributed by atoms with Gasteiger partial charge in [0.2, 0.25) is 0 Å². The molecule has 0 bridgehead atoms. The fourth-order valence-electron chi connectivity index (χ4n) is 4.27. The molecule has 1 saturated carbocycles. The van der Waals surface area contributed by atoms with Crippen molar-refractivity contribution in [2.24, 2.45) is 5.92 Å². The van der Waals surface area contributed by atoms with E-state index in [0.717, 1.165) is 37.2 Å². The Morgan fingerprint density at radius 2 is 1.83 bits per heavy atom. The highest BCUT2D eigenvalue weighted by Gasteiger charge is 2.19. The lowest BCUT2D eigenvalue weighted by Gasteiger charge is -2.32. The number of aliphatic hydroxyl groups excluding tert-OH is 1. The second-order valence-electron chi connectivity index (χ2n) is 7.88. The highest BCUT2D eigenvalue weighted by atomic mass is 16.5. The summed E-state index contributed by atoms with van der Waals surface area (Å²) in [6.45, 7) is 5.62. The molecule has 1 aliphatic heterocycles. The first-order valence-electron chi connectivity index (χ1n) is 9.84. The number of hydrogen-bond donors (Lipinski definition) is 1. The summed E-state index contributed by atoms with van der Waals surface area (Å²) in [5, 5.41) is 10.2. The number of hydrogen-bond acceptors (Lipinski definition) is 3. The van der Waals surface area contributed by atoms with Gasteiger partial charge in [0.1, 0.15) is 18.5 Å². The Morgan fingerprint density at radius 3 is 2.54 bits per heavy atom. The smallest absolute Gasteiger partial charge is 0.119 e. The number of nitrogens with zero attached hydrogens (tertiary/aromatic N) is 1. The summed E-state index contributed by atoms with van der Waals surface area (Å²) in [6.07, 6.45) is 8.93. The van der Waals surface area contributed by atoms with E-state index in [0.29, 0.717) is 6.61 Å². The maximum Gasteiger partial charge on any atom is 0.119 e. The van der Waals surface area contributed by atoms with Crippen LogP contribution in [0.3, 0.4) is 0 Å². The van der Waals surface area contributed by atoms with Gasteiger partial charge in [0, 0.05) is 13.1 Å². The molecule has 2 fully saturated rings. The zero-order valence-electron chi connectivity index (χ0n) is 15.1. The Morgan fingerprint density at radius 1 is 1.08 bits per heavy atom. The normalized spacial score (nSPS) is 24.7. The molecule has 0 unspecified atom stereocenters. The van der Waals surface area contributed by atoms with E-state index in [1.165, 1.54) is 50.5 Å². The third-order valence-electron chi connectivity index (χ3n) is 5.61. The summed E-state index contributed by atoms with van der Waals surface area (Å²) in [5.74, 6) is 2.36. The molecule has 0 radical (unpaired) electrons. The average Bonchev–Trinajstić information content (AvgIpc) is 2.61. The van der Waals surface area contributed by atoms with Crippen LogP contribution in [0.25, 0.3) is 0 Å². The molecule has 2 atom stereocenters. The van der Waals surface area contributed by atoms with Crippen molar-refractivity contribution in [3.05, 3.63) is 29.8 Å². The number of β-amino-alcohol motifs (C(OH)–C–C–N with tert-alkyl or cyclic N) is 1. The molecule has 1 heterocycles. The topological polar surface area (TPSA) is 32.7 Å². The standard InChI is InChI=1S/C21H33NO2/c1-17-6-5-13-22(14-17)15-20(23)16-24-21-11-9-19(10-12-21)18-7-3-2-4-8-18/h9-12,17-18,20,23H,2-8,13-16H2,1H3/t17-,20-/m0/s1. The number of likely N-dealkylation sites (tertiary alicyclic amines) is 1. The molecule has 3 heteroatoms. The zero-order valence-corrected chi connectivity index (χ0v) is 15.1. The van der Waals surface area contributed by atoms with Crippen LogP contribution < -0.4 is 4.74 Å². The molecular formula is C21H33NO2. The lowest BCUT2D eigenvalue weighted by Crippen LogP contribution is -2.41. The molecule has 0 aromatic heterocycles. The van der Waals surface area contributed by atoms with Crippen LogP contribution in [-0.4, -0.2) is 42.4 Å². The Balaban J connectivity index is 1.42. The van der Waals surface area contributed by atoms with Gasteiger partial charge in [0.05, 0.1) is 0 Å². The van der Waals surface area contributed by atoms with Gasteiger partial charge >= 0.3 is 0 Å². The van der Waals surface area contributed by atoms with Crippen molar-refractivity contribution in [2.75, 3.05) is 26.2 Å². The molecule has 134 valence electrons. The molecule has 0 spiro atoms. The SMILES string of the molecule is C[C@H]1CCCN(C[C@H](O)COc2ccc(C3CCCCC3)cc2)C1. The Labute approximate surface area is 147 Å². The maximum atomic E-state index is 10.2. The molecule has 1 aliphatic carbocycles. The summed E-state index contributed by atoms with van der Waals surface area (Å²) in [4.78, 5) is 2.37. The van der Waals surface area contributed by atoms with Crippen LogP contribution in [-0.2, 0) is 0 Å². The van der Waals surface area contributed by atoms with Crippen molar-refractivity contribution in [1.29, 1.82) is 0 Å². The van der Waals surface area contributed by atoms with Crippen molar-refractivity contribution in [3.63, 3.8) is 0 Å². The second kappa shape index (κ2) is 8.87. The molecule has 1 saturated heterocycles. The summed E-state index contributed by atoms with van der Waals surface area (Å²) < 4.78 is 5.80. The van der Waals surface area contributed by atoms with Crippen LogP contribution in [0.1, 0.15) is 63.4 Å². The minimum Gasteiger partial charge on any atom is -0.491 e. The van der Waals surface area contributed by atoms with Crippen LogP contribution in [0.5, 0.6) is 5.75 Å². The maximum absolute atomic E-state index is 10.2. The fraction of sp³-hybridized carbons (Fsp3) is 0.714. The average molecular weight is 332 g/mol. The highest BCUT2D eigenvalue weighted by molar-refractivity contribution is 5.29. The molecule has 3 nitrogen and oxygen atoms in total. The number of benzene rings is 1. The van der Waals surface area contributed by atoms with Crippen LogP contribution in [0.2, 0.25) is 0 Å². The summed E-state index contributed by atoms with van der Waals surface area (Å²) in [6, 6.07) is 8.56. The number of piperidine rings is 1. The molecule has 3 rings (SSSR count). The minimum absolute atomic E-state index is 0.383. The Hall–Kier alpha value is -1.06. The van der Waals surface area contributed by atoms with E-state index in [1.807, 2.05) is 0 Å². The predicted molar refractivity (Wildman–Crippen MR) is 98.6 cm³/mol. The van der Waals surface area contributed by atoms with Crippen molar-refractivity contribution in [2.45, 2.75) is 63.9 Å². The lowest BCUT2D eigenvalue weighted by atomic mass is 9.84. The summed E-state index contributed by atoms with van der Waals surface area (Å²) in [5.41, 5.74) is 1.45. The molecule has 1 aromatic carbocycles. The number of rotatable bonds is 6. The molecule has 1 N–H and O–H groups in total. The first-order chi connectivity index (χ1) is 11.7. The number of aliphatic hydroxyl groups is 1.